The van der Waals surface area contributed by atoms with Gasteiger partial charge >= 0.3 is 5.97 Å². The number of carbonyl (C=O) groups is 2. The lowest BCUT2D eigenvalue weighted by atomic mass is 9.82. The average molecular weight is 328 g/mol. The van der Waals surface area contributed by atoms with Crippen LogP contribution in [0.25, 0.3) is 0 Å². The number of aliphatic hydroxyl groups is 1. The van der Waals surface area contributed by atoms with Gasteiger partial charge in [-0.05, 0) is 36.5 Å². The van der Waals surface area contributed by atoms with Crippen LogP contribution in [0.3, 0.4) is 0 Å². The topological polar surface area (TPSA) is 74.6 Å². The third-order valence-corrected chi connectivity index (χ3v) is 4.69. The van der Waals surface area contributed by atoms with Crippen molar-refractivity contribution in [1.82, 2.24) is 0 Å². The first kappa shape index (κ1) is 22.1. The summed E-state index contributed by atoms with van der Waals surface area (Å²) in [6.45, 7) is 10.4. The molecule has 0 fully saturated rings. The predicted molar refractivity (Wildman–Crippen MR) is 93.4 cm³/mol. The number of carbonyl (C=O) groups excluding carboxylic acids is 1. The molecule has 0 aromatic carbocycles. The predicted octanol–water partition coefficient (Wildman–Crippen LogP) is 4.58. The summed E-state index contributed by atoms with van der Waals surface area (Å²) in [7, 11) is 0. The van der Waals surface area contributed by atoms with Crippen molar-refractivity contribution in [2.45, 2.75) is 98.5 Å². The zero-order chi connectivity index (χ0) is 18.1. The molecular formula is C19H36O4. The monoisotopic (exact) mass is 328 g/mol. The highest BCUT2D eigenvalue weighted by Crippen LogP contribution is 2.29. The summed E-state index contributed by atoms with van der Waals surface area (Å²) in [5.41, 5.74) is -0.0883. The van der Waals surface area contributed by atoms with Crippen molar-refractivity contribution in [2.75, 3.05) is 0 Å². The normalized spacial score (nSPS) is 13.8. The van der Waals surface area contributed by atoms with Gasteiger partial charge in [-0.3, -0.25) is 9.59 Å². The van der Waals surface area contributed by atoms with E-state index < -0.39 is 17.5 Å². The number of ketones is 1. The third-order valence-electron chi connectivity index (χ3n) is 4.69. The van der Waals surface area contributed by atoms with Crippen molar-refractivity contribution in [3.63, 3.8) is 0 Å². The second-order valence-electron chi connectivity index (χ2n) is 8.39. The molecule has 1 unspecified atom stereocenters. The van der Waals surface area contributed by atoms with Gasteiger partial charge in [-0.15, -0.1) is 0 Å². The van der Waals surface area contributed by atoms with E-state index in [1.165, 1.54) is 0 Å². The number of unbranched alkanes of at least 4 members (excludes halogenated alkanes) is 1. The van der Waals surface area contributed by atoms with E-state index in [-0.39, 0.29) is 12.2 Å². The lowest BCUT2D eigenvalue weighted by Crippen LogP contribution is -2.24. The fourth-order valence-corrected chi connectivity index (χ4v) is 2.78. The SMILES string of the molecule is CCC(C)(C)CCCCC(=O)CCC(O)CC(C)(C)CC(=O)O. The Hall–Kier alpha value is -0.900. The summed E-state index contributed by atoms with van der Waals surface area (Å²) in [6.07, 6.45) is 5.54. The van der Waals surface area contributed by atoms with Gasteiger partial charge in [0.25, 0.3) is 0 Å². The molecule has 136 valence electrons. The Kier molecular flexibility index (Phi) is 9.67. The maximum atomic E-state index is 11.9. The number of hydrogen-bond acceptors (Lipinski definition) is 3. The summed E-state index contributed by atoms with van der Waals surface area (Å²) in [6, 6.07) is 0. The number of hydrogen-bond donors (Lipinski definition) is 2. The molecule has 4 heteroatoms. The second-order valence-corrected chi connectivity index (χ2v) is 8.39. The molecule has 0 aromatic heterocycles. The molecule has 0 bridgehead atoms. The minimum Gasteiger partial charge on any atom is -0.481 e. The van der Waals surface area contributed by atoms with Gasteiger partial charge in [0.05, 0.1) is 12.5 Å². The van der Waals surface area contributed by atoms with E-state index in [0.717, 1.165) is 25.7 Å². The summed E-state index contributed by atoms with van der Waals surface area (Å²) >= 11 is 0. The van der Waals surface area contributed by atoms with Gasteiger partial charge in [-0.2, -0.15) is 0 Å². The van der Waals surface area contributed by atoms with Crippen LogP contribution < -0.4 is 0 Å². The number of rotatable bonds is 13. The second kappa shape index (κ2) is 10.1. The molecule has 0 aliphatic carbocycles. The summed E-state index contributed by atoms with van der Waals surface area (Å²) in [4.78, 5) is 22.6. The molecule has 0 rings (SSSR count). The molecule has 0 aromatic rings. The Labute approximate surface area is 141 Å². The van der Waals surface area contributed by atoms with Gasteiger partial charge in [0, 0.05) is 12.8 Å². The standard InChI is InChI=1S/C19H36O4/c1-6-18(2,3)12-8-7-9-15(20)10-11-16(21)13-19(4,5)14-17(22)23/h16,21H,6-14H2,1-5H3,(H,22,23). The lowest BCUT2D eigenvalue weighted by Gasteiger charge is -2.25. The molecule has 0 saturated carbocycles. The smallest absolute Gasteiger partial charge is 0.303 e. The maximum Gasteiger partial charge on any atom is 0.303 e. The number of carboxylic acids is 1. The molecule has 0 aliphatic rings. The molecular weight excluding hydrogens is 292 g/mol. The average Bonchev–Trinajstić information content (AvgIpc) is 2.39. The molecule has 4 nitrogen and oxygen atoms in total. The molecule has 1 atom stereocenters. The number of aliphatic carboxylic acids is 1. The van der Waals surface area contributed by atoms with Crippen LogP contribution in [0.2, 0.25) is 0 Å². The maximum absolute atomic E-state index is 11.9. The van der Waals surface area contributed by atoms with E-state index in [1.54, 1.807) is 0 Å². The van der Waals surface area contributed by atoms with Crippen LogP contribution in [0.15, 0.2) is 0 Å². The Morgan fingerprint density at radius 1 is 1.00 bits per heavy atom. The van der Waals surface area contributed by atoms with Crippen molar-refractivity contribution in [1.29, 1.82) is 0 Å². The minimum atomic E-state index is -0.853. The number of aliphatic hydroxyl groups excluding tert-OH is 1. The zero-order valence-corrected chi connectivity index (χ0v) is 15.7. The molecule has 0 spiro atoms. The summed E-state index contributed by atoms with van der Waals surface area (Å²) in [5.74, 6) is -0.650. The van der Waals surface area contributed by atoms with Gasteiger partial charge in [-0.1, -0.05) is 47.5 Å². The van der Waals surface area contributed by atoms with E-state index in [4.69, 9.17) is 5.11 Å². The van der Waals surface area contributed by atoms with Crippen LogP contribution in [0.5, 0.6) is 0 Å². The highest BCUT2D eigenvalue weighted by atomic mass is 16.4. The van der Waals surface area contributed by atoms with E-state index >= 15 is 0 Å². The van der Waals surface area contributed by atoms with E-state index in [2.05, 4.69) is 20.8 Å². The molecule has 0 radical (unpaired) electrons. The van der Waals surface area contributed by atoms with Crippen LogP contribution in [0.4, 0.5) is 0 Å². The van der Waals surface area contributed by atoms with Crippen molar-refractivity contribution >= 4 is 11.8 Å². The van der Waals surface area contributed by atoms with E-state index in [0.29, 0.717) is 31.1 Å². The molecule has 0 saturated heterocycles. The van der Waals surface area contributed by atoms with Crippen molar-refractivity contribution in [3.05, 3.63) is 0 Å². The van der Waals surface area contributed by atoms with E-state index in [9.17, 15) is 14.7 Å². The molecule has 0 heterocycles. The van der Waals surface area contributed by atoms with Gasteiger partial charge < -0.3 is 10.2 Å². The van der Waals surface area contributed by atoms with Crippen LogP contribution in [0.1, 0.15) is 92.4 Å². The van der Waals surface area contributed by atoms with E-state index in [1.807, 2.05) is 13.8 Å². The van der Waals surface area contributed by atoms with Crippen molar-refractivity contribution in [2.24, 2.45) is 10.8 Å². The van der Waals surface area contributed by atoms with Crippen molar-refractivity contribution < 1.29 is 19.8 Å². The van der Waals surface area contributed by atoms with Gasteiger partial charge in [0.1, 0.15) is 5.78 Å². The molecule has 0 amide bonds. The molecule has 0 aliphatic heterocycles. The fourth-order valence-electron chi connectivity index (χ4n) is 2.78. The summed E-state index contributed by atoms with van der Waals surface area (Å²) in [5, 5.41) is 18.9. The summed E-state index contributed by atoms with van der Waals surface area (Å²) < 4.78 is 0. The Bertz CT molecular complexity index is 372. The van der Waals surface area contributed by atoms with Gasteiger partial charge in [0.2, 0.25) is 0 Å². The molecule has 2 N–H and O–H groups in total. The van der Waals surface area contributed by atoms with Crippen LogP contribution in [-0.4, -0.2) is 28.1 Å². The fraction of sp³-hybridized carbons (Fsp3) is 0.895. The van der Waals surface area contributed by atoms with Crippen molar-refractivity contribution in [3.8, 4) is 0 Å². The number of Topliss-reactive ketones (excluding diaryl/α,β-unsaturated/α-hetero) is 1. The van der Waals surface area contributed by atoms with Crippen LogP contribution in [-0.2, 0) is 9.59 Å². The van der Waals surface area contributed by atoms with Crippen LogP contribution >= 0.6 is 0 Å². The molecule has 23 heavy (non-hydrogen) atoms. The lowest BCUT2D eigenvalue weighted by molar-refractivity contribution is -0.139. The zero-order valence-electron chi connectivity index (χ0n) is 15.7. The third kappa shape index (κ3) is 12.2. The first-order valence-corrected chi connectivity index (χ1v) is 8.89. The first-order chi connectivity index (χ1) is 10.5. The Morgan fingerprint density at radius 2 is 1.61 bits per heavy atom. The Balaban J connectivity index is 3.90. The quantitative estimate of drug-likeness (QED) is 0.485. The van der Waals surface area contributed by atoms with Gasteiger partial charge in [0.15, 0.2) is 0 Å². The highest BCUT2D eigenvalue weighted by Gasteiger charge is 2.25. The first-order valence-electron chi connectivity index (χ1n) is 8.89. The Morgan fingerprint density at radius 3 is 2.13 bits per heavy atom. The minimum absolute atomic E-state index is 0.0330. The van der Waals surface area contributed by atoms with Gasteiger partial charge in [-0.25, -0.2) is 0 Å². The largest absolute Gasteiger partial charge is 0.481 e. The number of carboxylic acid groups (broad SMARTS) is 1. The van der Waals surface area contributed by atoms with Crippen LogP contribution in [0, 0.1) is 10.8 Å². The highest BCUT2D eigenvalue weighted by molar-refractivity contribution is 5.78.